The molecular formula is C23H26N6O3. The van der Waals surface area contributed by atoms with Crippen LogP contribution < -0.4 is 15.0 Å². The van der Waals surface area contributed by atoms with Gasteiger partial charge in [0.2, 0.25) is 11.7 Å². The molecule has 9 nitrogen and oxygen atoms in total. The average Bonchev–Trinajstić information content (AvgIpc) is 3.57. The molecule has 0 spiro atoms. The van der Waals surface area contributed by atoms with Gasteiger partial charge in [0.05, 0.1) is 12.3 Å². The van der Waals surface area contributed by atoms with E-state index >= 15 is 0 Å². The second-order valence-corrected chi connectivity index (χ2v) is 7.97. The molecule has 1 N–H and O–H groups in total. The van der Waals surface area contributed by atoms with Crippen LogP contribution in [-0.2, 0) is 0 Å². The molecule has 9 heteroatoms. The molecule has 3 aromatic rings. The summed E-state index contributed by atoms with van der Waals surface area (Å²) in [6, 6.07) is 11.3. The first-order valence-electron chi connectivity index (χ1n) is 11.0. The summed E-state index contributed by atoms with van der Waals surface area (Å²) in [5.74, 6) is 3.30. The molecule has 0 unspecified atom stereocenters. The minimum atomic E-state index is -0.122. The highest BCUT2D eigenvalue weighted by molar-refractivity contribution is 5.91. The number of hydrogen-bond acceptors (Lipinski definition) is 7. The van der Waals surface area contributed by atoms with E-state index in [9.17, 15) is 4.79 Å². The number of para-hydroxylation sites is 2. The molecule has 32 heavy (non-hydrogen) atoms. The number of aromatic nitrogens is 3. The molecule has 2 aliphatic rings. The van der Waals surface area contributed by atoms with E-state index in [1.54, 1.807) is 6.20 Å². The first kappa shape index (κ1) is 20.3. The number of piperazine rings is 1. The molecule has 166 valence electrons. The van der Waals surface area contributed by atoms with Gasteiger partial charge in [-0.1, -0.05) is 17.3 Å². The van der Waals surface area contributed by atoms with Gasteiger partial charge >= 0.3 is 6.03 Å². The van der Waals surface area contributed by atoms with Crippen LogP contribution in [0.3, 0.4) is 0 Å². The Morgan fingerprint density at radius 2 is 1.97 bits per heavy atom. The fourth-order valence-electron chi connectivity index (χ4n) is 3.74. The molecule has 1 saturated heterocycles. The lowest BCUT2D eigenvalue weighted by Gasteiger charge is -2.35. The largest absolute Gasteiger partial charge is 0.492 e. The second kappa shape index (κ2) is 8.86. The maximum atomic E-state index is 12.7. The van der Waals surface area contributed by atoms with E-state index in [1.165, 1.54) is 0 Å². The van der Waals surface area contributed by atoms with Crippen LogP contribution in [0.4, 0.5) is 16.3 Å². The van der Waals surface area contributed by atoms with Gasteiger partial charge in [0.1, 0.15) is 11.6 Å². The summed E-state index contributed by atoms with van der Waals surface area (Å²) in [5, 5.41) is 7.04. The maximum Gasteiger partial charge on any atom is 0.322 e. The number of ether oxygens (including phenoxy) is 1. The Morgan fingerprint density at radius 1 is 1.16 bits per heavy atom. The minimum Gasteiger partial charge on any atom is -0.492 e. The topological polar surface area (TPSA) is 96.6 Å². The zero-order valence-electron chi connectivity index (χ0n) is 18.0. The van der Waals surface area contributed by atoms with Gasteiger partial charge in [0.15, 0.2) is 0 Å². The Hall–Kier alpha value is -3.62. The fourth-order valence-corrected chi connectivity index (χ4v) is 3.74. The molecule has 0 atom stereocenters. The standard InChI is InChI=1S/C23H26N6O3/c1-2-31-19-6-4-3-5-18(19)25-23(30)29-13-11-28(12-14-29)20-10-9-17(15-24-20)21-26-22(32-27-21)16-7-8-16/h3-6,9-10,15-16H,2,7-8,11-14H2,1H3,(H,25,30). The summed E-state index contributed by atoms with van der Waals surface area (Å²) in [7, 11) is 0. The Labute approximate surface area is 186 Å². The molecule has 2 fully saturated rings. The number of nitrogens with zero attached hydrogens (tertiary/aromatic N) is 5. The van der Waals surface area contributed by atoms with E-state index in [2.05, 4.69) is 25.3 Å². The predicted molar refractivity (Wildman–Crippen MR) is 120 cm³/mol. The summed E-state index contributed by atoms with van der Waals surface area (Å²) in [5.41, 5.74) is 1.53. The third kappa shape index (κ3) is 4.37. The van der Waals surface area contributed by atoms with Crippen molar-refractivity contribution in [2.24, 2.45) is 0 Å². The number of nitrogens with one attached hydrogen (secondary N) is 1. The number of amides is 2. The van der Waals surface area contributed by atoms with Crippen LogP contribution in [-0.4, -0.2) is 58.8 Å². The summed E-state index contributed by atoms with van der Waals surface area (Å²) < 4.78 is 10.9. The Kier molecular flexibility index (Phi) is 5.62. The number of urea groups is 1. The second-order valence-electron chi connectivity index (χ2n) is 7.97. The smallest absolute Gasteiger partial charge is 0.322 e. The molecule has 1 aliphatic carbocycles. The van der Waals surface area contributed by atoms with Crippen molar-refractivity contribution in [1.29, 1.82) is 0 Å². The zero-order valence-corrected chi connectivity index (χ0v) is 18.0. The van der Waals surface area contributed by atoms with E-state index in [-0.39, 0.29) is 6.03 Å². The lowest BCUT2D eigenvalue weighted by molar-refractivity contribution is 0.208. The molecular weight excluding hydrogens is 408 g/mol. The highest BCUT2D eigenvalue weighted by Crippen LogP contribution is 2.39. The average molecular weight is 435 g/mol. The third-order valence-corrected chi connectivity index (χ3v) is 5.69. The number of hydrogen-bond donors (Lipinski definition) is 1. The van der Waals surface area contributed by atoms with Crippen molar-refractivity contribution >= 4 is 17.5 Å². The highest BCUT2D eigenvalue weighted by Gasteiger charge is 2.30. The van der Waals surface area contributed by atoms with Gasteiger partial charge in [-0.25, -0.2) is 9.78 Å². The monoisotopic (exact) mass is 434 g/mol. The first-order valence-corrected chi connectivity index (χ1v) is 11.0. The van der Waals surface area contributed by atoms with Gasteiger partial charge in [-0.3, -0.25) is 0 Å². The molecule has 5 rings (SSSR count). The van der Waals surface area contributed by atoms with Crippen LogP contribution in [0.1, 0.15) is 31.6 Å². The SMILES string of the molecule is CCOc1ccccc1NC(=O)N1CCN(c2ccc(-c3noc(C4CC4)n3)cn2)CC1. The van der Waals surface area contributed by atoms with E-state index in [0.29, 0.717) is 56.0 Å². The highest BCUT2D eigenvalue weighted by atomic mass is 16.5. The summed E-state index contributed by atoms with van der Waals surface area (Å²) >= 11 is 0. The minimum absolute atomic E-state index is 0.122. The molecule has 2 aromatic heterocycles. The Morgan fingerprint density at radius 3 is 2.69 bits per heavy atom. The lowest BCUT2D eigenvalue weighted by Crippen LogP contribution is -2.50. The third-order valence-electron chi connectivity index (χ3n) is 5.69. The van der Waals surface area contributed by atoms with Crippen molar-refractivity contribution < 1.29 is 14.1 Å². The van der Waals surface area contributed by atoms with E-state index in [4.69, 9.17) is 9.26 Å². The van der Waals surface area contributed by atoms with Crippen LogP contribution in [0, 0.1) is 0 Å². The number of anilines is 2. The Bertz CT molecular complexity index is 1070. The van der Waals surface area contributed by atoms with E-state index in [1.807, 2.05) is 48.2 Å². The van der Waals surface area contributed by atoms with Crippen molar-refractivity contribution in [2.75, 3.05) is 43.0 Å². The normalized spacial score (nSPS) is 16.2. The Balaban J connectivity index is 1.17. The summed E-state index contributed by atoms with van der Waals surface area (Å²) in [4.78, 5) is 25.8. The van der Waals surface area contributed by atoms with E-state index in [0.717, 1.165) is 30.1 Å². The first-order chi connectivity index (χ1) is 15.7. The van der Waals surface area contributed by atoms with Crippen LogP contribution in [0.25, 0.3) is 11.4 Å². The molecule has 1 aromatic carbocycles. The molecule has 1 saturated carbocycles. The van der Waals surface area contributed by atoms with Gasteiger partial charge < -0.3 is 24.4 Å². The van der Waals surface area contributed by atoms with E-state index < -0.39 is 0 Å². The predicted octanol–water partition coefficient (Wildman–Crippen LogP) is 3.76. The zero-order chi connectivity index (χ0) is 21.9. The molecule has 1 aliphatic heterocycles. The van der Waals surface area contributed by atoms with Gasteiger partial charge in [0, 0.05) is 43.9 Å². The van der Waals surface area contributed by atoms with Crippen LogP contribution >= 0.6 is 0 Å². The van der Waals surface area contributed by atoms with Gasteiger partial charge in [-0.2, -0.15) is 4.98 Å². The molecule has 0 radical (unpaired) electrons. The number of pyridine rings is 1. The quantitative estimate of drug-likeness (QED) is 0.631. The van der Waals surface area contributed by atoms with Gasteiger partial charge in [-0.05, 0) is 44.0 Å². The van der Waals surface area contributed by atoms with Crippen LogP contribution in [0.5, 0.6) is 5.75 Å². The molecule has 0 bridgehead atoms. The van der Waals surface area contributed by atoms with Crippen LogP contribution in [0.15, 0.2) is 47.1 Å². The van der Waals surface area contributed by atoms with Crippen molar-refractivity contribution in [2.45, 2.75) is 25.7 Å². The van der Waals surface area contributed by atoms with Crippen molar-refractivity contribution in [1.82, 2.24) is 20.0 Å². The summed E-state index contributed by atoms with van der Waals surface area (Å²) in [6.45, 7) is 5.11. The van der Waals surface area contributed by atoms with Crippen molar-refractivity contribution in [3.8, 4) is 17.1 Å². The molecule has 2 amide bonds. The summed E-state index contributed by atoms with van der Waals surface area (Å²) in [6.07, 6.45) is 4.03. The van der Waals surface area contributed by atoms with Crippen molar-refractivity contribution in [3.05, 3.63) is 48.5 Å². The maximum absolute atomic E-state index is 12.7. The van der Waals surface area contributed by atoms with Gasteiger partial charge in [-0.15, -0.1) is 0 Å². The fraction of sp³-hybridized carbons (Fsp3) is 0.391. The number of carbonyl (C=O) groups excluding carboxylic acids is 1. The van der Waals surface area contributed by atoms with Crippen LogP contribution in [0.2, 0.25) is 0 Å². The van der Waals surface area contributed by atoms with Gasteiger partial charge in [0.25, 0.3) is 0 Å². The molecule has 3 heterocycles. The van der Waals surface area contributed by atoms with Crippen molar-refractivity contribution in [3.63, 3.8) is 0 Å². The number of rotatable bonds is 6. The number of carbonyl (C=O) groups is 1. The lowest BCUT2D eigenvalue weighted by atomic mass is 10.2. The number of benzene rings is 1.